The zero-order valence-corrected chi connectivity index (χ0v) is 15.3. The number of nitrogens with one attached hydrogen (secondary N) is 1. The molecule has 0 spiro atoms. The fourth-order valence-electron chi connectivity index (χ4n) is 5.58. The molecule has 0 radical (unpaired) electrons. The van der Waals surface area contributed by atoms with Gasteiger partial charge in [-0.2, -0.15) is 10.1 Å². The van der Waals surface area contributed by atoms with Crippen LogP contribution in [0.15, 0.2) is 11.0 Å². The molecule has 2 atom stereocenters. The van der Waals surface area contributed by atoms with Crippen molar-refractivity contribution < 1.29 is 0 Å². The van der Waals surface area contributed by atoms with Crippen LogP contribution in [0.5, 0.6) is 0 Å². The fraction of sp³-hybridized carbons (Fsp3) is 0.737. The third kappa shape index (κ3) is 2.41. The van der Waals surface area contributed by atoms with Crippen LogP contribution in [0.4, 0.5) is 5.95 Å². The van der Waals surface area contributed by atoms with Crippen LogP contribution >= 0.6 is 0 Å². The van der Waals surface area contributed by atoms with E-state index in [1.807, 2.05) is 4.68 Å². The molecule has 25 heavy (non-hydrogen) atoms. The van der Waals surface area contributed by atoms with Crippen molar-refractivity contribution in [3.05, 3.63) is 16.6 Å². The summed E-state index contributed by atoms with van der Waals surface area (Å²) >= 11 is 0. The summed E-state index contributed by atoms with van der Waals surface area (Å²) in [5.74, 6) is 3.26. The summed E-state index contributed by atoms with van der Waals surface area (Å²) in [5.41, 5.74) is 0.436. The Kier molecular flexibility index (Phi) is 3.13. The minimum atomic E-state index is -0.198. The van der Waals surface area contributed by atoms with Crippen LogP contribution in [0.1, 0.15) is 52.9 Å². The van der Waals surface area contributed by atoms with Crippen molar-refractivity contribution in [1.29, 1.82) is 0 Å². The number of anilines is 1. The van der Waals surface area contributed by atoms with Gasteiger partial charge in [-0.1, -0.05) is 0 Å². The van der Waals surface area contributed by atoms with Crippen molar-refractivity contribution in [3.8, 4) is 0 Å². The van der Waals surface area contributed by atoms with Gasteiger partial charge in [-0.15, -0.1) is 0 Å². The molecule has 6 heteroatoms. The first kappa shape index (κ1) is 15.4. The second-order valence-corrected chi connectivity index (χ2v) is 9.44. The lowest BCUT2D eigenvalue weighted by molar-refractivity contribution is 0.157. The maximum atomic E-state index is 12.7. The van der Waals surface area contributed by atoms with E-state index in [0.29, 0.717) is 17.1 Å². The quantitative estimate of drug-likeness (QED) is 0.866. The summed E-state index contributed by atoms with van der Waals surface area (Å²) < 4.78 is 1.88. The van der Waals surface area contributed by atoms with Gasteiger partial charge in [-0.25, -0.2) is 4.68 Å². The van der Waals surface area contributed by atoms with E-state index in [0.717, 1.165) is 30.2 Å². The van der Waals surface area contributed by atoms with Gasteiger partial charge in [-0.3, -0.25) is 9.78 Å². The Bertz CT molecular complexity index is 862. The van der Waals surface area contributed by atoms with E-state index in [2.05, 4.69) is 35.8 Å². The molecule has 2 unspecified atom stereocenters. The summed E-state index contributed by atoms with van der Waals surface area (Å²) in [6, 6.07) is 0.530. The third-order valence-corrected chi connectivity index (χ3v) is 6.44. The smallest absolute Gasteiger partial charge is 0.263 e. The minimum Gasteiger partial charge on any atom is -0.339 e. The van der Waals surface area contributed by atoms with Crippen LogP contribution in [0, 0.1) is 17.8 Å². The number of hydrogen-bond donors (Lipinski definition) is 1. The summed E-state index contributed by atoms with van der Waals surface area (Å²) in [4.78, 5) is 23.0. The highest BCUT2D eigenvalue weighted by molar-refractivity contribution is 5.74. The van der Waals surface area contributed by atoms with Crippen molar-refractivity contribution in [3.63, 3.8) is 0 Å². The number of fused-ring (bicyclic) bond motifs is 2. The summed E-state index contributed by atoms with van der Waals surface area (Å²) in [6.07, 6.45) is 8.29. The van der Waals surface area contributed by atoms with Crippen LogP contribution in [0.2, 0.25) is 0 Å². The number of hydrogen-bond acceptors (Lipinski definition) is 4. The van der Waals surface area contributed by atoms with E-state index in [1.165, 1.54) is 32.1 Å². The number of aromatic nitrogens is 4. The van der Waals surface area contributed by atoms with Gasteiger partial charge < -0.3 is 4.90 Å². The molecule has 6 nitrogen and oxygen atoms in total. The van der Waals surface area contributed by atoms with Crippen molar-refractivity contribution in [2.75, 3.05) is 11.4 Å². The summed E-state index contributed by atoms with van der Waals surface area (Å²) in [5, 5.41) is 5.02. The molecule has 2 aromatic rings. The van der Waals surface area contributed by atoms with Gasteiger partial charge in [0.05, 0.1) is 11.7 Å². The van der Waals surface area contributed by atoms with Crippen LogP contribution in [-0.2, 0) is 5.54 Å². The van der Waals surface area contributed by atoms with E-state index >= 15 is 0 Å². The number of aromatic amines is 1. The van der Waals surface area contributed by atoms with Gasteiger partial charge in [0.15, 0.2) is 5.65 Å². The van der Waals surface area contributed by atoms with E-state index in [1.54, 1.807) is 6.20 Å². The van der Waals surface area contributed by atoms with E-state index in [9.17, 15) is 4.79 Å². The van der Waals surface area contributed by atoms with Crippen molar-refractivity contribution in [2.45, 2.75) is 64.5 Å². The summed E-state index contributed by atoms with van der Waals surface area (Å²) in [7, 11) is 0. The van der Waals surface area contributed by atoms with Gasteiger partial charge in [0, 0.05) is 12.6 Å². The Morgan fingerprint density at radius 3 is 2.44 bits per heavy atom. The van der Waals surface area contributed by atoms with Gasteiger partial charge in [0.1, 0.15) is 5.39 Å². The van der Waals surface area contributed by atoms with E-state index in [-0.39, 0.29) is 11.1 Å². The molecule has 1 N–H and O–H groups in total. The minimum absolute atomic E-state index is 0.0700. The second kappa shape index (κ2) is 5.08. The SMILES string of the molecule is CC(C)(C)n1ncc2c(=O)[nH]c(N3CC4CC5CC(C4)CC3C5)nc21. The Morgan fingerprint density at radius 1 is 1.08 bits per heavy atom. The zero-order chi connectivity index (χ0) is 17.3. The Morgan fingerprint density at radius 2 is 1.76 bits per heavy atom. The molecule has 4 heterocycles. The molecule has 2 aliphatic carbocycles. The molecule has 6 rings (SSSR count). The molecular weight excluding hydrogens is 314 g/mol. The van der Waals surface area contributed by atoms with Crippen molar-refractivity contribution >= 4 is 17.0 Å². The monoisotopic (exact) mass is 341 g/mol. The first-order valence-corrected chi connectivity index (χ1v) is 9.63. The van der Waals surface area contributed by atoms with E-state index < -0.39 is 0 Å². The Hall–Kier alpha value is -1.85. The third-order valence-electron chi connectivity index (χ3n) is 6.44. The van der Waals surface area contributed by atoms with Gasteiger partial charge in [-0.05, 0) is 70.6 Å². The number of nitrogens with zero attached hydrogens (tertiary/aromatic N) is 4. The van der Waals surface area contributed by atoms with Crippen molar-refractivity contribution in [1.82, 2.24) is 19.7 Å². The highest BCUT2D eigenvalue weighted by Gasteiger charge is 2.43. The van der Waals surface area contributed by atoms with Crippen LogP contribution in [0.25, 0.3) is 11.0 Å². The largest absolute Gasteiger partial charge is 0.339 e. The zero-order valence-electron chi connectivity index (χ0n) is 15.3. The lowest BCUT2D eigenvalue weighted by atomic mass is 9.68. The van der Waals surface area contributed by atoms with Gasteiger partial charge in [0.25, 0.3) is 5.56 Å². The lowest BCUT2D eigenvalue weighted by Gasteiger charge is -2.39. The average molecular weight is 341 g/mol. The van der Waals surface area contributed by atoms with Crippen LogP contribution in [-0.4, -0.2) is 32.3 Å². The molecule has 2 aromatic heterocycles. The summed E-state index contributed by atoms with van der Waals surface area (Å²) in [6.45, 7) is 7.31. The second-order valence-electron chi connectivity index (χ2n) is 9.44. The molecule has 0 aromatic carbocycles. The molecule has 2 aliphatic heterocycles. The molecule has 2 saturated carbocycles. The predicted octanol–water partition coefficient (Wildman–Crippen LogP) is 2.89. The van der Waals surface area contributed by atoms with Gasteiger partial charge >= 0.3 is 0 Å². The first-order chi connectivity index (χ1) is 11.9. The fourth-order valence-corrected chi connectivity index (χ4v) is 5.58. The number of rotatable bonds is 1. The average Bonchev–Trinajstić information content (AvgIpc) is 2.87. The molecule has 4 aliphatic rings. The molecule has 0 amide bonds. The molecule has 134 valence electrons. The van der Waals surface area contributed by atoms with Crippen LogP contribution < -0.4 is 10.5 Å². The van der Waals surface area contributed by atoms with Crippen LogP contribution in [0.3, 0.4) is 0 Å². The highest BCUT2D eigenvalue weighted by atomic mass is 16.1. The van der Waals surface area contributed by atoms with E-state index in [4.69, 9.17) is 4.98 Å². The standard InChI is InChI=1S/C19H27N5O/c1-19(2,3)24-16-15(9-20-24)17(25)22-18(21-16)23-10-13-5-11-4-12(6-13)8-14(23)7-11/h9,11-14H,4-8,10H2,1-3H3,(H,21,22,25). The molecule has 4 fully saturated rings. The van der Waals surface area contributed by atoms with Crippen molar-refractivity contribution in [2.24, 2.45) is 17.8 Å². The molecule has 2 saturated heterocycles. The normalized spacial score (nSPS) is 31.7. The first-order valence-electron chi connectivity index (χ1n) is 9.63. The Labute approximate surface area is 147 Å². The topological polar surface area (TPSA) is 66.8 Å². The lowest BCUT2D eigenvalue weighted by Crippen LogP contribution is -2.40. The van der Waals surface area contributed by atoms with Gasteiger partial charge in [0.2, 0.25) is 5.95 Å². The predicted molar refractivity (Wildman–Crippen MR) is 97.8 cm³/mol. The maximum Gasteiger partial charge on any atom is 0.263 e. The molecular formula is C19H27N5O. The number of H-pyrrole nitrogens is 1. The maximum absolute atomic E-state index is 12.7. The Balaban J connectivity index is 1.62. The highest BCUT2D eigenvalue weighted by Crippen LogP contribution is 2.48. The molecule has 4 bridgehead atoms.